The maximum Gasteiger partial charge on any atom is 0.322 e. The Labute approximate surface area is 198 Å². The van der Waals surface area contributed by atoms with E-state index in [9.17, 15) is 14.4 Å². The average Bonchev–Trinajstić information content (AvgIpc) is 3.46. The van der Waals surface area contributed by atoms with Gasteiger partial charge in [0.15, 0.2) is 0 Å². The first kappa shape index (κ1) is 23.3. The lowest BCUT2D eigenvalue weighted by atomic mass is 10.1. The summed E-state index contributed by atoms with van der Waals surface area (Å²) in [6.07, 6.45) is 4.47. The normalized spacial score (nSPS) is 15.8. The van der Waals surface area contributed by atoms with Crippen LogP contribution in [0.15, 0.2) is 36.5 Å². The lowest BCUT2D eigenvalue weighted by molar-refractivity contribution is -0.108. The molecule has 0 saturated carbocycles. The number of carbonyl (C=O) groups is 3. The molecule has 0 aliphatic carbocycles. The molecule has 176 valence electrons. The molecule has 2 N–H and O–H groups in total. The van der Waals surface area contributed by atoms with Crippen LogP contribution in [0.3, 0.4) is 0 Å². The van der Waals surface area contributed by atoms with Gasteiger partial charge in [-0.2, -0.15) is 0 Å². The Kier molecular flexibility index (Phi) is 7.40. The molecule has 2 aliphatic rings. The lowest BCUT2D eigenvalue weighted by Crippen LogP contribution is -2.46. The zero-order valence-corrected chi connectivity index (χ0v) is 19.0. The van der Waals surface area contributed by atoms with Crippen LogP contribution in [0, 0.1) is 11.8 Å². The van der Waals surface area contributed by atoms with Crippen LogP contribution in [-0.2, 0) is 17.9 Å². The van der Waals surface area contributed by atoms with Crippen LogP contribution >= 0.6 is 0 Å². The smallest absolute Gasteiger partial charge is 0.322 e. The molecule has 2 aliphatic heterocycles. The number of aromatic nitrogens is 1. The summed E-state index contributed by atoms with van der Waals surface area (Å²) in [4.78, 5) is 44.0. The number of imide groups is 1. The second-order valence-corrected chi connectivity index (χ2v) is 8.29. The van der Waals surface area contributed by atoms with Crippen molar-refractivity contribution >= 4 is 18.3 Å². The fourth-order valence-electron chi connectivity index (χ4n) is 4.15. The van der Waals surface area contributed by atoms with Gasteiger partial charge in [-0.25, -0.2) is 4.79 Å². The highest BCUT2D eigenvalue weighted by Gasteiger charge is 2.29. The van der Waals surface area contributed by atoms with Crippen molar-refractivity contribution in [3.63, 3.8) is 0 Å². The van der Waals surface area contributed by atoms with Crippen LogP contribution in [0.2, 0.25) is 0 Å². The number of methoxy groups -OCH3 is 1. The van der Waals surface area contributed by atoms with Crippen LogP contribution in [-0.4, -0.2) is 65.9 Å². The van der Waals surface area contributed by atoms with Crippen molar-refractivity contribution < 1.29 is 19.1 Å². The van der Waals surface area contributed by atoms with Crippen molar-refractivity contribution in [2.24, 2.45) is 0 Å². The minimum absolute atomic E-state index is 0.161. The number of pyridine rings is 1. The summed E-state index contributed by atoms with van der Waals surface area (Å²) in [7, 11) is 1.55. The number of fused-ring (bicyclic) bond motifs is 1. The van der Waals surface area contributed by atoms with Crippen LogP contribution in [0.5, 0.6) is 5.75 Å². The topological polar surface area (TPSA) is 104 Å². The summed E-state index contributed by atoms with van der Waals surface area (Å²) >= 11 is 0. The Morgan fingerprint density at radius 3 is 2.79 bits per heavy atom. The largest absolute Gasteiger partial charge is 0.497 e. The van der Waals surface area contributed by atoms with E-state index in [0.717, 1.165) is 30.9 Å². The molecule has 0 spiro atoms. The zero-order valence-electron chi connectivity index (χ0n) is 19.0. The van der Waals surface area contributed by atoms with Crippen molar-refractivity contribution in [2.75, 3.05) is 26.7 Å². The number of nitrogens with zero attached hydrogens (tertiary/aromatic N) is 3. The van der Waals surface area contributed by atoms with E-state index in [1.54, 1.807) is 24.3 Å². The van der Waals surface area contributed by atoms with Crippen LogP contribution in [0.25, 0.3) is 0 Å². The van der Waals surface area contributed by atoms with Crippen molar-refractivity contribution in [3.05, 3.63) is 58.9 Å². The second kappa shape index (κ2) is 10.8. The molecule has 0 radical (unpaired) electrons. The third-order valence-electron chi connectivity index (χ3n) is 5.89. The van der Waals surface area contributed by atoms with Gasteiger partial charge in [-0.3, -0.25) is 24.8 Å². The number of benzene rings is 1. The molecule has 2 aromatic rings. The van der Waals surface area contributed by atoms with Gasteiger partial charge in [0.2, 0.25) is 6.41 Å². The van der Waals surface area contributed by atoms with E-state index in [-0.39, 0.29) is 12.5 Å². The molecule has 1 aromatic heterocycles. The quantitative estimate of drug-likeness (QED) is 0.479. The Morgan fingerprint density at radius 2 is 2.09 bits per heavy atom. The van der Waals surface area contributed by atoms with Gasteiger partial charge in [-0.1, -0.05) is 17.9 Å². The maximum absolute atomic E-state index is 12.9. The number of hydrogen-bond donors (Lipinski definition) is 2. The Hall–Kier alpha value is -3.90. The number of hydrogen-bond acceptors (Lipinski definition) is 6. The van der Waals surface area contributed by atoms with Gasteiger partial charge in [0.1, 0.15) is 11.8 Å². The van der Waals surface area contributed by atoms with E-state index in [1.807, 2.05) is 29.6 Å². The maximum atomic E-state index is 12.9. The summed E-state index contributed by atoms with van der Waals surface area (Å²) in [5.74, 6) is 6.48. The van der Waals surface area contributed by atoms with E-state index in [1.165, 1.54) is 12.8 Å². The monoisotopic (exact) mass is 461 g/mol. The van der Waals surface area contributed by atoms with Crippen molar-refractivity contribution in [2.45, 2.75) is 32.0 Å². The Bertz CT molecular complexity index is 1120. The highest BCUT2D eigenvalue weighted by molar-refractivity contribution is 5.98. The van der Waals surface area contributed by atoms with E-state index in [2.05, 4.69) is 27.0 Å². The minimum atomic E-state index is -0.690. The number of rotatable bonds is 7. The Morgan fingerprint density at radius 1 is 1.26 bits per heavy atom. The van der Waals surface area contributed by atoms with Crippen molar-refractivity contribution in [1.29, 1.82) is 0 Å². The second-order valence-electron chi connectivity index (χ2n) is 8.29. The first-order chi connectivity index (χ1) is 16.6. The summed E-state index contributed by atoms with van der Waals surface area (Å²) in [6, 6.07) is 7.86. The van der Waals surface area contributed by atoms with Gasteiger partial charge in [-0.15, -0.1) is 0 Å². The Balaban J connectivity index is 1.45. The fourth-order valence-corrected chi connectivity index (χ4v) is 4.15. The van der Waals surface area contributed by atoms with E-state index in [4.69, 9.17) is 4.74 Å². The number of nitrogens with one attached hydrogen (secondary N) is 2. The highest BCUT2D eigenvalue weighted by atomic mass is 16.5. The van der Waals surface area contributed by atoms with Gasteiger partial charge in [-0.05, 0) is 55.8 Å². The number of amides is 4. The molecular weight excluding hydrogens is 434 g/mol. The first-order valence-corrected chi connectivity index (χ1v) is 11.2. The zero-order chi connectivity index (χ0) is 23.9. The third kappa shape index (κ3) is 5.71. The molecular formula is C25H27N5O4. The average molecular weight is 462 g/mol. The van der Waals surface area contributed by atoms with Crippen LogP contribution in [0.4, 0.5) is 4.79 Å². The van der Waals surface area contributed by atoms with E-state index < -0.39 is 12.1 Å². The van der Waals surface area contributed by atoms with E-state index in [0.29, 0.717) is 29.8 Å². The first-order valence-electron chi connectivity index (χ1n) is 11.2. The molecule has 1 atom stereocenters. The SMILES string of the molecule is COc1ccc2c(c1)C(=O)N(C[C@@H](C#Cc1ccc(CN3CCCC3)nc1)NC(=O)NC=O)C2. The molecule has 1 aromatic carbocycles. The van der Waals surface area contributed by atoms with Crippen LogP contribution in [0.1, 0.15) is 40.0 Å². The fraction of sp³-hybridized carbons (Fsp3) is 0.360. The summed E-state index contributed by atoms with van der Waals surface area (Å²) in [5, 5.41) is 4.69. The number of ether oxygens (including phenoxy) is 1. The molecule has 1 saturated heterocycles. The highest BCUT2D eigenvalue weighted by Crippen LogP contribution is 2.26. The van der Waals surface area contributed by atoms with Crippen LogP contribution < -0.4 is 15.4 Å². The van der Waals surface area contributed by atoms with Gasteiger partial charge in [0, 0.05) is 30.4 Å². The number of carbonyl (C=O) groups excluding carboxylic acids is 3. The third-order valence-corrected chi connectivity index (χ3v) is 5.89. The van der Waals surface area contributed by atoms with Crippen molar-refractivity contribution in [1.82, 2.24) is 25.4 Å². The molecule has 9 nitrogen and oxygen atoms in total. The molecule has 4 rings (SSSR count). The molecule has 9 heteroatoms. The predicted molar refractivity (Wildman–Crippen MR) is 125 cm³/mol. The molecule has 0 bridgehead atoms. The van der Waals surface area contributed by atoms with Crippen molar-refractivity contribution in [3.8, 4) is 17.6 Å². The molecule has 1 fully saturated rings. The summed E-state index contributed by atoms with van der Waals surface area (Å²) < 4.78 is 5.22. The van der Waals surface area contributed by atoms with Gasteiger partial charge in [0.05, 0.1) is 19.3 Å². The molecule has 3 heterocycles. The van der Waals surface area contributed by atoms with Gasteiger partial charge in [0.25, 0.3) is 5.91 Å². The summed E-state index contributed by atoms with van der Waals surface area (Å²) in [5.41, 5.74) is 3.14. The summed E-state index contributed by atoms with van der Waals surface area (Å²) in [6.45, 7) is 3.60. The van der Waals surface area contributed by atoms with Gasteiger partial charge >= 0.3 is 6.03 Å². The lowest BCUT2D eigenvalue weighted by Gasteiger charge is -2.21. The minimum Gasteiger partial charge on any atom is -0.497 e. The number of likely N-dealkylation sites (tertiary alicyclic amines) is 1. The van der Waals surface area contributed by atoms with Gasteiger partial charge < -0.3 is 15.0 Å². The van der Waals surface area contributed by atoms with E-state index >= 15 is 0 Å². The molecule has 34 heavy (non-hydrogen) atoms. The molecule has 4 amide bonds. The predicted octanol–water partition coefficient (Wildman–Crippen LogP) is 1.52. The standard InChI is InChI=1S/C25H27N5O4/c1-34-22-9-6-19-14-30(24(32)23(19)12-22)16-21(28-25(33)27-17-31)8-5-18-4-7-20(26-13-18)15-29-10-2-3-11-29/h4,6-7,9,12-13,17,21H,2-3,10-11,14-16H2,1H3,(H2,27,28,31,33)/t21-/m1/s1. The molecule has 0 unspecified atom stereocenters. The number of urea groups is 1.